The Morgan fingerprint density at radius 1 is 1.05 bits per heavy atom. The molecule has 0 fully saturated rings. The molecule has 0 radical (unpaired) electrons. The molecule has 0 bridgehead atoms. The molecule has 0 atom stereocenters. The highest BCUT2D eigenvalue weighted by Gasteiger charge is 2.18. The Morgan fingerprint density at radius 2 is 2.00 bits per heavy atom. The van der Waals surface area contributed by atoms with Crippen molar-refractivity contribution in [2.75, 3.05) is 11.7 Å². The standard InChI is InChI=1S/C15H13N3O/c1-2-6-15-12(4-1)7-11-18(19-15)17-10-8-13-14(17)5-3-9-16-13/h1-6,8-10H,7,11H2. The van der Waals surface area contributed by atoms with Gasteiger partial charge >= 0.3 is 0 Å². The Hall–Kier alpha value is -2.49. The second kappa shape index (κ2) is 4.02. The molecule has 4 nitrogen and oxygen atoms in total. The zero-order valence-corrected chi connectivity index (χ0v) is 10.4. The maximum Gasteiger partial charge on any atom is 0.160 e. The van der Waals surface area contributed by atoms with Gasteiger partial charge in [-0.3, -0.25) is 4.98 Å². The molecular formula is C15H13N3O. The predicted octanol–water partition coefficient (Wildman–Crippen LogP) is 2.52. The highest BCUT2D eigenvalue weighted by Crippen LogP contribution is 2.24. The first-order valence-electron chi connectivity index (χ1n) is 6.37. The SMILES string of the molecule is c1ccc2c(c1)CCN(n1ccc3ncccc31)O2. The lowest BCUT2D eigenvalue weighted by atomic mass is 10.1. The topological polar surface area (TPSA) is 30.3 Å². The molecule has 0 unspecified atom stereocenters. The van der Waals surface area contributed by atoms with Crippen LogP contribution >= 0.6 is 0 Å². The van der Waals surface area contributed by atoms with Gasteiger partial charge in [0, 0.05) is 12.4 Å². The van der Waals surface area contributed by atoms with Crippen molar-refractivity contribution in [3.8, 4) is 5.75 Å². The molecule has 0 aliphatic carbocycles. The third-order valence-electron chi connectivity index (χ3n) is 3.43. The van der Waals surface area contributed by atoms with Gasteiger partial charge in [-0.15, -0.1) is 5.17 Å². The van der Waals surface area contributed by atoms with Crippen LogP contribution in [0.3, 0.4) is 0 Å². The molecule has 1 aliphatic rings. The number of benzene rings is 1. The molecule has 94 valence electrons. The van der Waals surface area contributed by atoms with Crippen molar-refractivity contribution < 1.29 is 4.84 Å². The largest absolute Gasteiger partial charge is 0.364 e. The fraction of sp³-hybridized carbons (Fsp3) is 0.133. The van der Waals surface area contributed by atoms with Gasteiger partial charge in [-0.25, -0.2) is 4.68 Å². The molecular weight excluding hydrogens is 238 g/mol. The van der Waals surface area contributed by atoms with Gasteiger partial charge < -0.3 is 4.84 Å². The van der Waals surface area contributed by atoms with Crippen molar-refractivity contribution in [3.63, 3.8) is 0 Å². The maximum absolute atomic E-state index is 5.95. The molecule has 0 amide bonds. The number of nitrogens with zero attached hydrogens (tertiary/aromatic N) is 3. The van der Waals surface area contributed by atoms with Crippen molar-refractivity contribution in [2.24, 2.45) is 0 Å². The van der Waals surface area contributed by atoms with E-state index in [1.165, 1.54) is 5.56 Å². The number of hydrogen-bond acceptors (Lipinski definition) is 3. The van der Waals surface area contributed by atoms with E-state index in [-0.39, 0.29) is 0 Å². The zero-order valence-electron chi connectivity index (χ0n) is 10.4. The number of hydrogen-bond donors (Lipinski definition) is 0. The zero-order chi connectivity index (χ0) is 12.7. The minimum Gasteiger partial charge on any atom is -0.364 e. The van der Waals surface area contributed by atoms with E-state index in [9.17, 15) is 0 Å². The van der Waals surface area contributed by atoms with Crippen molar-refractivity contribution >= 4 is 11.0 Å². The van der Waals surface area contributed by atoms with Gasteiger partial charge in [0.2, 0.25) is 0 Å². The molecule has 0 spiro atoms. The van der Waals surface area contributed by atoms with Crippen molar-refractivity contribution in [1.82, 2.24) is 9.66 Å². The summed E-state index contributed by atoms with van der Waals surface area (Å²) in [4.78, 5) is 10.3. The highest BCUT2D eigenvalue weighted by molar-refractivity contribution is 5.75. The summed E-state index contributed by atoms with van der Waals surface area (Å²) in [6.07, 6.45) is 4.78. The van der Waals surface area contributed by atoms with Crippen molar-refractivity contribution in [3.05, 3.63) is 60.4 Å². The second-order valence-corrected chi connectivity index (χ2v) is 4.59. The van der Waals surface area contributed by atoms with E-state index in [4.69, 9.17) is 4.84 Å². The van der Waals surface area contributed by atoms with Crippen LogP contribution in [0.2, 0.25) is 0 Å². The van der Waals surface area contributed by atoms with Gasteiger partial charge in [0.05, 0.1) is 17.6 Å². The molecule has 1 aromatic carbocycles. The molecule has 19 heavy (non-hydrogen) atoms. The molecule has 0 saturated heterocycles. The number of para-hydroxylation sites is 1. The molecule has 2 aromatic heterocycles. The number of aromatic nitrogens is 2. The summed E-state index contributed by atoms with van der Waals surface area (Å²) in [6, 6.07) is 14.2. The quantitative estimate of drug-likeness (QED) is 0.665. The number of fused-ring (bicyclic) bond motifs is 2. The van der Waals surface area contributed by atoms with E-state index in [1.807, 2.05) is 52.4 Å². The lowest BCUT2D eigenvalue weighted by Crippen LogP contribution is -2.41. The van der Waals surface area contributed by atoms with E-state index in [1.54, 1.807) is 6.20 Å². The van der Waals surface area contributed by atoms with Crippen LogP contribution in [0.15, 0.2) is 54.9 Å². The maximum atomic E-state index is 5.95. The Balaban J connectivity index is 1.75. The van der Waals surface area contributed by atoms with E-state index < -0.39 is 0 Å². The summed E-state index contributed by atoms with van der Waals surface area (Å²) in [7, 11) is 0. The smallest absolute Gasteiger partial charge is 0.160 e. The van der Waals surface area contributed by atoms with Crippen LogP contribution in [0.4, 0.5) is 0 Å². The third-order valence-corrected chi connectivity index (χ3v) is 3.43. The summed E-state index contributed by atoms with van der Waals surface area (Å²) >= 11 is 0. The third kappa shape index (κ3) is 1.64. The lowest BCUT2D eigenvalue weighted by molar-refractivity contribution is 0.187. The van der Waals surface area contributed by atoms with Crippen LogP contribution in [0, 0.1) is 0 Å². The molecule has 3 aromatic rings. The average Bonchev–Trinajstić information content (AvgIpc) is 2.91. The molecule has 4 rings (SSSR count). The monoisotopic (exact) mass is 251 g/mol. The Morgan fingerprint density at radius 3 is 3.00 bits per heavy atom. The molecule has 3 heterocycles. The molecule has 0 N–H and O–H groups in total. The van der Waals surface area contributed by atoms with Crippen molar-refractivity contribution in [1.29, 1.82) is 0 Å². The van der Waals surface area contributed by atoms with E-state index in [0.717, 1.165) is 29.7 Å². The van der Waals surface area contributed by atoms with Crippen LogP contribution in [-0.2, 0) is 6.42 Å². The highest BCUT2D eigenvalue weighted by atomic mass is 16.7. The van der Waals surface area contributed by atoms with Gasteiger partial charge in [-0.2, -0.15) is 0 Å². The van der Waals surface area contributed by atoms with E-state index in [0.29, 0.717) is 0 Å². The first-order chi connectivity index (χ1) is 9.42. The first kappa shape index (κ1) is 10.4. The van der Waals surface area contributed by atoms with Crippen LogP contribution in [0.25, 0.3) is 11.0 Å². The number of hydroxylamine groups is 1. The van der Waals surface area contributed by atoms with Crippen LogP contribution in [0.5, 0.6) is 5.75 Å². The fourth-order valence-corrected chi connectivity index (χ4v) is 2.47. The van der Waals surface area contributed by atoms with Crippen molar-refractivity contribution in [2.45, 2.75) is 6.42 Å². The lowest BCUT2D eigenvalue weighted by Gasteiger charge is -2.30. The van der Waals surface area contributed by atoms with Gasteiger partial charge in [0.25, 0.3) is 0 Å². The van der Waals surface area contributed by atoms with Gasteiger partial charge in [0.15, 0.2) is 5.75 Å². The Labute approximate surface area is 110 Å². The van der Waals surface area contributed by atoms with Crippen LogP contribution in [0.1, 0.15) is 5.56 Å². The summed E-state index contributed by atoms with van der Waals surface area (Å²) < 4.78 is 2.01. The van der Waals surface area contributed by atoms with Gasteiger partial charge in [-0.1, -0.05) is 18.2 Å². The summed E-state index contributed by atoms with van der Waals surface area (Å²) in [6.45, 7) is 0.829. The Bertz CT molecular complexity index is 735. The normalized spacial score (nSPS) is 14.2. The van der Waals surface area contributed by atoms with Gasteiger partial charge in [0.1, 0.15) is 0 Å². The van der Waals surface area contributed by atoms with E-state index >= 15 is 0 Å². The van der Waals surface area contributed by atoms with Gasteiger partial charge in [-0.05, 0) is 36.2 Å². The summed E-state index contributed by atoms with van der Waals surface area (Å²) in [5.74, 6) is 0.930. The summed E-state index contributed by atoms with van der Waals surface area (Å²) in [5, 5.41) is 1.88. The fourth-order valence-electron chi connectivity index (χ4n) is 2.47. The minimum atomic E-state index is 0.829. The second-order valence-electron chi connectivity index (χ2n) is 4.59. The predicted molar refractivity (Wildman–Crippen MR) is 73.6 cm³/mol. The summed E-state index contributed by atoms with van der Waals surface area (Å²) in [5.41, 5.74) is 3.29. The van der Waals surface area contributed by atoms with E-state index in [2.05, 4.69) is 11.1 Å². The molecule has 4 heteroatoms. The Kier molecular flexibility index (Phi) is 2.21. The average molecular weight is 251 g/mol. The molecule has 0 saturated carbocycles. The number of pyridine rings is 1. The minimum absolute atomic E-state index is 0.829. The first-order valence-corrected chi connectivity index (χ1v) is 6.37. The van der Waals surface area contributed by atoms with Crippen LogP contribution < -0.4 is 10.0 Å². The molecule has 1 aliphatic heterocycles. The number of rotatable bonds is 1. The van der Waals surface area contributed by atoms with Crippen LogP contribution in [-0.4, -0.2) is 16.2 Å².